The van der Waals surface area contributed by atoms with E-state index in [1.807, 2.05) is 13.0 Å². The van der Waals surface area contributed by atoms with E-state index in [0.29, 0.717) is 43.8 Å². The molecular formula is C24H23N5O5S. The van der Waals surface area contributed by atoms with Gasteiger partial charge in [0.25, 0.3) is 5.56 Å². The molecule has 0 unspecified atom stereocenters. The van der Waals surface area contributed by atoms with Crippen molar-refractivity contribution >= 4 is 44.7 Å². The summed E-state index contributed by atoms with van der Waals surface area (Å²) < 4.78 is 12.5. The van der Waals surface area contributed by atoms with Crippen molar-refractivity contribution in [2.24, 2.45) is 0 Å². The summed E-state index contributed by atoms with van der Waals surface area (Å²) in [5.41, 5.74) is 2.13. The number of anilines is 2. The molecule has 35 heavy (non-hydrogen) atoms. The van der Waals surface area contributed by atoms with Gasteiger partial charge >= 0.3 is 0 Å². The lowest BCUT2D eigenvalue weighted by Gasteiger charge is -2.12. The average Bonchev–Trinajstić information content (AvgIpc) is 3.23. The number of hydrogen-bond acceptors (Lipinski definition) is 8. The number of aryl methyl sites for hydroxylation is 1. The van der Waals surface area contributed by atoms with Gasteiger partial charge in [0.1, 0.15) is 12.2 Å². The van der Waals surface area contributed by atoms with Crippen LogP contribution < -0.4 is 25.7 Å². The molecule has 4 rings (SSSR count). The van der Waals surface area contributed by atoms with Crippen LogP contribution in [0.15, 0.2) is 47.3 Å². The molecule has 0 radical (unpaired) electrons. The van der Waals surface area contributed by atoms with Gasteiger partial charge in [0, 0.05) is 23.9 Å². The molecule has 10 nitrogen and oxygen atoms in total. The van der Waals surface area contributed by atoms with Gasteiger partial charge in [-0.3, -0.25) is 14.4 Å². The van der Waals surface area contributed by atoms with E-state index in [2.05, 4.69) is 20.7 Å². The minimum absolute atomic E-state index is 0.190. The summed E-state index contributed by atoms with van der Waals surface area (Å²) >= 11 is 1.36. The molecule has 0 bridgehead atoms. The maximum absolute atomic E-state index is 13.1. The number of methoxy groups -OCH3 is 2. The molecule has 0 saturated carbocycles. The van der Waals surface area contributed by atoms with E-state index in [-0.39, 0.29) is 18.0 Å². The van der Waals surface area contributed by atoms with E-state index in [1.54, 1.807) is 43.5 Å². The predicted molar refractivity (Wildman–Crippen MR) is 134 cm³/mol. The summed E-state index contributed by atoms with van der Waals surface area (Å²) in [6.45, 7) is 2.92. The predicted octanol–water partition coefficient (Wildman–Crippen LogP) is 3.44. The van der Waals surface area contributed by atoms with Crippen molar-refractivity contribution in [3.63, 3.8) is 0 Å². The third-order valence-electron chi connectivity index (χ3n) is 5.05. The van der Waals surface area contributed by atoms with Crippen molar-refractivity contribution in [2.45, 2.75) is 20.4 Å². The fraction of sp³-hybridized carbons (Fsp3) is 0.208. The Labute approximate surface area is 204 Å². The highest BCUT2D eigenvalue weighted by molar-refractivity contribution is 7.19. The van der Waals surface area contributed by atoms with Crippen LogP contribution in [0.25, 0.3) is 21.5 Å². The smallest absolute Gasteiger partial charge is 0.294 e. The number of rotatable bonds is 7. The Morgan fingerprint density at radius 1 is 1.00 bits per heavy atom. The first kappa shape index (κ1) is 23.9. The third-order valence-corrected chi connectivity index (χ3v) is 6.02. The molecule has 0 spiro atoms. The van der Waals surface area contributed by atoms with Crippen LogP contribution >= 0.6 is 11.3 Å². The zero-order valence-electron chi connectivity index (χ0n) is 19.5. The van der Waals surface area contributed by atoms with Crippen molar-refractivity contribution in [1.29, 1.82) is 0 Å². The Morgan fingerprint density at radius 2 is 1.66 bits per heavy atom. The summed E-state index contributed by atoms with van der Waals surface area (Å²) in [6, 6.07) is 12.0. The van der Waals surface area contributed by atoms with Gasteiger partial charge in [0.05, 0.1) is 23.9 Å². The average molecular weight is 494 g/mol. The molecule has 0 fully saturated rings. The first-order valence-electron chi connectivity index (χ1n) is 10.6. The fourth-order valence-electron chi connectivity index (χ4n) is 3.52. The van der Waals surface area contributed by atoms with Gasteiger partial charge in [-0.1, -0.05) is 0 Å². The molecule has 2 heterocycles. The van der Waals surface area contributed by atoms with Crippen LogP contribution in [0.3, 0.4) is 0 Å². The molecule has 0 aliphatic rings. The van der Waals surface area contributed by atoms with Crippen molar-refractivity contribution in [3.05, 3.63) is 57.8 Å². The quantitative estimate of drug-likeness (QED) is 0.404. The van der Waals surface area contributed by atoms with Crippen molar-refractivity contribution < 1.29 is 19.1 Å². The highest BCUT2D eigenvalue weighted by Gasteiger charge is 2.19. The molecule has 11 heteroatoms. The first-order chi connectivity index (χ1) is 16.8. The van der Waals surface area contributed by atoms with Gasteiger partial charge in [0.2, 0.25) is 11.8 Å². The van der Waals surface area contributed by atoms with Gasteiger partial charge in [-0.25, -0.2) is 9.67 Å². The number of aromatic nitrogens is 3. The topological polar surface area (TPSA) is 124 Å². The second kappa shape index (κ2) is 9.94. The molecular weight excluding hydrogens is 470 g/mol. The summed E-state index contributed by atoms with van der Waals surface area (Å²) in [5.74, 6) is 0.450. The van der Waals surface area contributed by atoms with Crippen LogP contribution in [0.4, 0.5) is 11.4 Å². The van der Waals surface area contributed by atoms with Crippen molar-refractivity contribution in [2.75, 3.05) is 24.9 Å². The zero-order valence-corrected chi connectivity index (χ0v) is 20.4. The molecule has 0 saturated heterocycles. The summed E-state index contributed by atoms with van der Waals surface area (Å²) in [6.07, 6.45) is 0. The van der Waals surface area contributed by atoms with Crippen LogP contribution in [0, 0.1) is 6.92 Å². The Bertz CT molecular complexity index is 1480. The molecule has 2 aromatic carbocycles. The molecule has 2 aromatic heterocycles. The number of ether oxygens (including phenoxy) is 2. The summed E-state index contributed by atoms with van der Waals surface area (Å²) in [4.78, 5) is 41.3. The van der Waals surface area contributed by atoms with Gasteiger partial charge in [0.15, 0.2) is 17.0 Å². The molecule has 4 aromatic rings. The maximum Gasteiger partial charge on any atom is 0.294 e. The Balaban J connectivity index is 1.67. The third kappa shape index (κ3) is 5.14. The van der Waals surface area contributed by atoms with Gasteiger partial charge < -0.3 is 20.1 Å². The zero-order chi connectivity index (χ0) is 25.1. The summed E-state index contributed by atoms with van der Waals surface area (Å²) in [5, 5.41) is 10.6. The maximum atomic E-state index is 13.1. The largest absolute Gasteiger partial charge is 0.493 e. The van der Waals surface area contributed by atoms with Crippen LogP contribution in [-0.2, 0) is 16.1 Å². The minimum atomic E-state index is -0.454. The number of thiazole rings is 1. The van der Waals surface area contributed by atoms with E-state index in [4.69, 9.17) is 9.47 Å². The molecule has 0 aliphatic heterocycles. The van der Waals surface area contributed by atoms with E-state index in [1.165, 1.54) is 25.4 Å². The van der Waals surface area contributed by atoms with E-state index < -0.39 is 11.5 Å². The van der Waals surface area contributed by atoms with Gasteiger partial charge in [-0.15, -0.1) is 11.3 Å². The molecule has 2 N–H and O–H groups in total. The van der Waals surface area contributed by atoms with Crippen molar-refractivity contribution in [1.82, 2.24) is 14.8 Å². The SMILES string of the molecule is COc1ccc(-c2nn(CC(=O)Nc3ccc(NC(C)=O)cc3)c(=O)c3nc(C)sc23)cc1OC. The lowest BCUT2D eigenvalue weighted by Crippen LogP contribution is -2.30. The molecule has 180 valence electrons. The van der Waals surface area contributed by atoms with E-state index >= 15 is 0 Å². The fourth-order valence-corrected chi connectivity index (χ4v) is 4.44. The van der Waals surface area contributed by atoms with Crippen LogP contribution in [0.2, 0.25) is 0 Å². The normalized spacial score (nSPS) is 10.7. The Kier molecular flexibility index (Phi) is 6.78. The number of hydrogen-bond donors (Lipinski definition) is 2. The number of carbonyl (C=O) groups is 2. The number of nitrogens with one attached hydrogen (secondary N) is 2. The Morgan fingerprint density at radius 3 is 2.29 bits per heavy atom. The standard InChI is InChI=1S/C24H23N5O5S/c1-13(30)25-16-6-8-17(9-7-16)27-20(31)12-29-24(32)22-23(35-14(2)26-22)21(28-29)15-5-10-18(33-3)19(11-15)34-4/h5-11H,12H2,1-4H3,(H,25,30)(H,27,31). The number of fused-ring (bicyclic) bond motifs is 1. The highest BCUT2D eigenvalue weighted by atomic mass is 32.1. The van der Waals surface area contributed by atoms with Crippen LogP contribution in [-0.4, -0.2) is 40.8 Å². The van der Waals surface area contributed by atoms with Crippen LogP contribution in [0.5, 0.6) is 11.5 Å². The van der Waals surface area contributed by atoms with Gasteiger partial charge in [-0.2, -0.15) is 5.10 Å². The van der Waals surface area contributed by atoms with E-state index in [0.717, 1.165) is 4.68 Å². The van der Waals surface area contributed by atoms with E-state index in [9.17, 15) is 14.4 Å². The molecule has 0 atom stereocenters. The monoisotopic (exact) mass is 493 g/mol. The minimum Gasteiger partial charge on any atom is -0.493 e. The Hall–Kier alpha value is -4.25. The van der Waals surface area contributed by atoms with Gasteiger partial charge in [-0.05, 0) is 49.4 Å². The number of benzene rings is 2. The number of nitrogens with zero attached hydrogens (tertiary/aromatic N) is 3. The lowest BCUT2D eigenvalue weighted by molar-refractivity contribution is -0.117. The second-order valence-electron chi connectivity index (χ2n) is 7.60. The first-order valence-corrected chi connectivity index (χ1v) is 11.4. The van der Waals surface area contributed by atoms with Crippen molar-refractivity contribution in [3.8, 4) is 22.8 Å². The summed E-state index contributed by atoms with van der Waals surface area (Å²) in [7, 11) is 3.09. The lowest BCUT2D eigenvalue weighted by atomic mass is 10.1. The van der Waals surface area contributed by atoms with Crippen LogP contribution in [0.1, 0.15) is 11.9 Å². The molecule has 2 amide bonds. The number of amides is 2. The second-order valence-corrected chi connectivity index (χ2v) is 8.80. The number of carbonyl (C=O) groups excluding carboxylic acids is 2. The molecule has 0 aliphatic carbocycles. The highest BCUT2D eigenvalue weighted by Crippen LogP contribution is 2.35.